The van der Waals surface area contributed by atoms with Crippen LogP contribution in [0.5, 0.6) is 0 Å². The van der Waals surface area contributed by atoms with Crippen molar-refractivity contribution in [3.05, 3.63) is 29.8 Å². The van der Waals surface area contributed by atoms with Crippen LogP contribution in [0.2, 0.25) is 0 Å². The Morgan fingerprint density at radius 3 is 2.19 bits per heavy atom. The highest BCUT2D eigenvalue weighted by Crippen LogP contribution is 2.56. The number of benzene rings is 1. The highest BCUT2D eigenvalue weighted by Gasteiger charge is 2.51. The van der Waals surface area contributed by atoms with Crippen LogP contribution in [0.4, 0.5) is 0 Å². The van der Waals surface area contributed by atoms with Crippen LogP contribution in [0, 0.1) is 29.6 Å². The van der Waals surface area contributed by atoms with Gasteiger partial charge in [0.15, 0.2) is 6.61 Å². The van der Waals surface area contributed by atoms with E-state index in [1.54, 1.807) is 23.7 Å². The summed E-state index contributed by atoms with van der Waals surface area (Å²) in [5, 5.41) is 0. The van der Waals surface area contributed by atoms with E-state index in [1.165, 1.54) is 37.0 Å². The standard InChI is InChI=1S/C22H29NO3S/c1-23(12-14-3-5-19(27-2)6-4-14)20(24)13-26-22(25)21-17-8-15-7-16(10-17)11-18(21)9-15/h3-6,15-18,21H,7-13H2,1-2H3. The number of hydrogen-bond acceptors (Lipinski definition) is 4. The molecule has 0 unspecified atom stereocenters. The highest BCUT2D eigenvalue weighted by molar-refractivity contribution is 7.98. The quantitative estimate of drug-likeness (QED) is 0.547. The Labute approximate surface area is 166 Å². The molecule has 1 aromatic carbocycles. The highest BCUT2D eigenvalue weighted by atomic mass is 32.2. The van der Waals surface area contributed by atoms with Crippen molar-refractivity contribution in [3.8, 4) is 0 Å². The third-order valence-corrected chi connectivity index (χ3v) is 7.58. The van der Waals surface area contributed by atoms with E-state index in [2.05, 4.69) is 12.1 Å². The Morgan fingerprint density at radius 1 is 1.04 bits per heavy atom. The van der Waals surface area contributed by atoms with Gasteiger partial charge in [0.25, 0.3) is 5.91 Å². The number of hydrogen-bond donors (Lipinski definition) is 0. The van der Waals surface area contributed by atoms with Gasteiger partial charge in [0.05, 0.1) is 5.92 Å². The Morgan fingerprint density at radius 2 is 1.63 bits per heavy atom. The van der Waals surface area contributed by atoms with E-state index >= 15 is 0 Å². The summed E-state index contributed by atoms with van der Waals surface area (Å²) < 4.78 is 5.49. The molecule has 0 heterocycles. The van der Waals surface area contributed by atoms with E-state index in [-0.39, 0.29) is 24.4 Å². The molecular weight excluding hydrogens is 358 g/mol. The number of amides is 1. The van der Waals surface area contributed by atoms with Gasteiger partial charge in [0.1, 0.15) is 0 Å². The molecule has 4 aliphatic rings. The SMILES string of the molecule is CSc1ccc(CN(C)C(=O)COC(=O)C2C3CC4CC(C3)CC2C4)cc1. The van der Waals surface area contributed by atoms with Crippen molar-refractivity contribution in [1.82, 2.24) is 4.90 Å². The number of carbonyl (C=O) groups excluding carboxylic acids is 2. The fourth-order valence-electron chi connectivity index (χ4n) is 5.74. The Balaban J connectivity index is 1.27. The minimum atomic E-state index is -0.138. The predicted molar refractivity (Wildman–Crippen MR) is 106 cm³/mol. The van der Waals surface area contributed by atoms with Gasteiger partial charge in [-0.3, -0.25) is 9.59 Å². The summed E-state index contributed by atoms with van der Waals surface area (Å²) in [6, 6.07) is 8.20. The van der Waals surface area contributed by atoms with Gasteiger partial charge < -0.3 is 9.64 Å². The van der Waals surface area contributed by atoms with E-state index in [4.69, 9.17) is 4.74 Å². The first-order chi connectivity index (χ1) is 13.0. The second-order valence-electron chi connectivity index (χ2n) is 8.66. The van der Waals surface area contributed by atoms with Crippen LogP contribution in [0.25, 0.3) is 0 Å². The average Bonchev–Trinajstić information content (AvgIpc) is 2.65. The van der Waals surface area contributed by atoms with E-state index in [9.17, 15) is 9.59 Å². The van der Waals surface area contributed by atoms with Crippen molar-refractivity contribution < 1.29 is 14.3 Å². The largest absolute Gasteiger partial charge is 0.455 e. The molecule has 4 fully saturated rings. The van der Waals surface area contributed by atoms with Crippen LogP contribution in [0.3, 0.4) is 0 Å². The Bertz CT molecular complexity index is 674. The molecular formula is C22H29NO3S. The molecule has 0 N–H and O–H groups in total. The third-order valence-electron chi connectivity index (χ3n) is 6.84. The van der Waals surface area contributed by atoms with E-state index in [0.717, 1.165) is 17.4 Å². The topological polar surface area (TPSA) is 46.6 Å². The lowest BCUT2D eigenvalue weighted by Gasteiger charge is -2.53. The van der Waals surface area contributed by atoms with Crippen LogP contribution >= 0.6 is 11.8 Å². The van der Waals surface area contributed by atoms with Crippen molar-refractivity contribution in [2.45, 2.75) is 43.5 Å². The van der Waals surface area contributed by atoms with Gasteiger partial charge in [-0.15, -0.1) is 11.8 Å². The van der Waals surface area contributed by atoms with Crippen molar-refractivity contribution in [2.24, 2.45) is 29.6 Å². The minimum absolute atomic E-state index is 0.0370. The van der Waals surface area contributed by atoms with Crippen molar-refractivity contribution in [3.63, 3.8) is 0 Å². The Hall–Kier alpha value is -1.49. The monoisotopic (exact) mass is 387 g/mol. The summed E-state index contributed by atoms with van der Waals surface area (Å²) in [4.78, 5) is 27.9. The zero-order valence-corrected chi connectivity index (χ0v) is 17.0. The number of likely N-dealkylation sites (N-methyl/N-ethyl adjacent to an activating group) is 1. The van der Waals surface area contributed by atoms with Crippen LogP contribution < -0.4 is 0 Å². The first-order valence-corrected chi connectivity index (χ1v) is 11.3. The maximum absolute atomic E-state index is 12.7. The minimum Gasteiger partial charge on any atom is -0.455 e. The predicted octanol–water partition coefficient (Wildman–Crippen LogP) is 3.98. The molecule has 146 valence electrons. The summed E-state index contributed by atoms with van der Waals surface area (Å²) in [6.07, 6.45) is 8.16. The molecule has 0 aliphatic heterocycles. The van der Waals surface area contributed by atoms with Gasteiger partial charge in [-0.2, -0.15) is 0 Å². The molecule has 5 rings (SSSR count). The van der Waals surface area contributed by atoms with Gasteiger partial charge in [-0.1, -0.05) is 12.1 Å². The molecule has 4 bridgehead atoms. The van der Waals surface area contributed by atoms with E-state index in [1.807, 2.05) is 18.4 Å². The van der Waals surface area contributed by atoms with Crippen molar-refractivity contribution >= 4 is 23.6 Å². The van der Waals surface area contributed by atoms with Crippen LogP contribution in [-0.4, -0.2) is 36.7 Å². The van der Waals surface area contributed by atoms with Crippen LogP contribution in [0.1, 0.15) is 37.7 Å². The van der Waals surface area contributed by atoms with Gasteiger partial charge in [-0.05, 0) is 79.7 Å². The first kappa shape index (κ1) is 18.9. The average molecular weight is 388 g/mol. The number of rotatable bonds is 6. The number of nitrogens with zero attached hydrogens (tertiary/aromatic N) is 1. The number of esters is 1. The normalized spacial score (nSPS) is 31.0. The lowest BCUT2D eigenvalue weighted by atomic mass is 9.52. The number of thioether (sulfide) groups is 1. The molecule has 5 heteroatoms. The molecule has 1 amide bonds. The molecule has 0 aromatic heterocycles. The fourth-order valence-corrected chi connectivity index (χ4v) is 6.15. The molecule has 0 atom stereocenters. The molecule has 4 aliphatic carbocycles. The second kappa shape index (κ2) is 7.86. The van der Waals surface area contributed by atoms with Gasteiger partial charge >= 0.3 is 5.97 Å². The third kappa shape index (κ3) is 4.03. The van der Waals surface area contributed by atoms with E-state index in [0.29, 0.717) is 18.4 Å². The number of carbonyl (C=O) groups is 2. The van der Waals surface area contributed by atoms with Crippen molar-refractivity contribution in [1.29, 1.82) is 0 Å². The summed E-state index contributed by atoms with van der Waals surface area (Å²) in [7, 11) is 1.77. The second-order valence-corrected chi connectivity index (χ2v) is 9.54. The first-order valence-electron chi connectivity index (χ1n) is 10.1. The molecule has 27 heavy (non-hydrogen) atoms. The van der Waals surface area contributed by atoms with Crippen molar-refractivity contribution in [2.75, 3.05) is 19.9 Å². The molecule has 0 saturated heterocycles. The smallest absolute Gasteiger partial charge is 0.310 e. The Kier molecular flexibility index (Phi) is 5.49. The molecule has 1 aromatic rings. The van der Waals surface area contributed by atoms with E-state index < -0.39 is 0 Å². The molecule has 4 saturated carbocycles. The number of ether oxygens (including phenoxy) is 1. The van der Waals surface area contributed by atoms with Crippen LogP contribution in [0.15, 0.2) is 29.2 Å². The van der Waals surface area contributed by atoms with Gasteiger partial charge in [0.2, 0.25) is 0 Å². The van der Waals surface area contributed by atoms with Crippen LogP contribution in [-0.2, 0) is 20.9 Å². The summed E-state index contributed by atoms with van der Waals surface area (Å²) in [5.41, 5.74) is 1.08. The summed E-state index contributed by atoms with van der Waals surface area (Å²) in [6.45, 7) is 0.393. The molecule has 0 spiro atoms. The van der Waals surface area contributed by atoms with Gasteiger partial charge in [0, 0.05) is 18.5 Å². The maximum atomic E-state index is 12.7. The summed E-state index contributed by atoms with van der Waals surface area (Å²) in [5.74, 6) is 2.43. The fraction of sp³-hybridized carbons (Fsp3) is 0.636. The molecule has 0 radical (unpaired) electrons. The lowest BCUT2D eigenvalue weighted by Crippen LogP contribution is -2.48. The zero-order chi connectivity index (χ0) is 19.0. The lowest BCUT2D eigenvalue weighted by molar-refractivity contribution is -0.166. The molecule has 4 nitrogen and oxygen atoms in total. The van der Waals surface area contributed by atoms with Gasteiger partial charge in [-0.25, -0.2) is 0 Å². The zero-order valence-electron chi connectivity index (χ0n) is 16.2. The summed E-state index contributed by atoms with van der Waals surface area (Å²) >= 11 is 1.70. The maximum Gasteiger partial charge on any atom is 0.310 e.